The van der Waals surface area contributed by atoms with Crippen molar-refractivity contribution in [1.82, 2.24) is 20.9 Å². The van der Waals surface area contributed by atoms with E-state index in [9.17, 15) is 19.2 Å². The van der Waals surface area contributed by atoms with E-state index in [4.69, 9.17) is 0 Å². The highest BCUT2D eigenvalue weighted by molar-refractivity contribution is 9.10. The van der Waals surface area contributed by atoms with Crippen molar-refractivity contribution in [2.45, 2.75) is 26.3 Å². The number of carbonyl (C=O) groups excluding carboxylic acids is 4. The lowest BCUT2D eigenvalue weighted by atomic mass is 9.92. The van der Waals surface area contributed by atoms with Gasteiger partial charge in [0, 0.05) is 11.0 Å². The number of imide groups is 2. The van der Waals surface area contributed by atoms with Crippen LogP contribution in [0.3, 0.4) is 0 Å². The van der Waals surface area contributed by atoms with Gasteiger partial charge in [0.15, 0.2) is 0 Å². The van der Waals surface area contributed by atoms with E-state index in [0.717, 1.165) is 9.37 Å². The van der Waals surface area contributed by atoms with Crippen LogP contribution in [0.15, 0.2) is 28.7 Å². The Morgan fingerprint density at radius 3 is 2.62 bits per heavy atom. The van der Waals surface area contributed by atoms with E-state index in [2.05, 4.69) is 31.9 Å². The molecule has 1 atom stereocenters. The molecule has 1 saturated heterocycles. The first-order valence-electron chi connectivity index (χ1n) is 8.11. The van der Waals surface area contributed by atoms with Crippen molar-refractivity contribution >= 4 is 39.8 Å². The summed E-state index contributed by atoms with van der Waals surface area (Å²) in [5.41, 5.74) is -0.691. The van der Waals surface area contributed by atoms with Crippen LogP contribution < -0.4 is 16.0 Å². The number of nitrogens with one attached hydrogen (secondary N) is 3. The highest BCUT2D eigenvalue weighted by atomic mass is 79.9. The van der Waals surface area contributed by atoms with Crippen molar-refractivity contribution in [3.63, 3.8) is 0 Å². The average molecular weight is 425 g/mol. The van der Waals surface area contributed by atoms with Crippen LogP contribution in [0.4, 0.5) is 9.59 Å². The number of urea groups is 2. The van der Waals surface area contributed by atoms with Gasteiger partial charge in [-0.3, -0.25) is 19.8 Å². The molecule has 0 spiro atoms. The van der Waals surface area contributed by atoms with E-state index in [1.807, 2.05) is 13.8 Å². The fourth-order valence-electron chi connectivity index (χ4n) is 2.49. The van der Waals surface area contributed by atoms with Gasteiger partial charge in [0.25, 0.3) is 5.91 Å². The number of carbonyl (C=O) groups is 4. The lowest BCUT2D eigenvalue weighted by Gasteiger charge is -2.22. The predicted octanol–water partition coefficient (Wildman–Crippen LogP) is 1.70. The first-order valence-corrected chi connectivity index (χ1v) is 8.90. The molecule has 1 aromatic rings. The van der Waals surface area contributed by atoms with E-state index in [1.165, 1.54) is 0 Å². The van der Waals surface area contributed by atoms with Gasteiger partial charge in [-0.15, -0.1) is 0 Å². The van der Waals surface area contributed by atoms with E-state index in [0.29, 0.717) is 12.1 Å². The molecule has 1 fully saturated rings. The van der Waals surface area contributed by atoms with E-state index >= 15 is 0 Å². The van der Waals surface area contributed by atoms with Gasteiger partial charge in [0.05, 0.1) is 0 Å². The number of halogens is 1. The molecule has 1 aliphatic rings. The summed E-state index contributed by atoms with van der Waals surface area (Å²) in [6.45, 7) is 5.27. The number of hydrogen-bond acceptors (Lipinski definition) is 4. The Labute approximate surface area is 159 Å². The van der Waals surface area contributed by atoms with Crippen molar-refractivity contribution in [3.8, 4) is 0 Å². The van der Waals surface area contributed by atoms with Crippen LogP contribution in [-0.4, -0.2) is 41.9 Å². The van der Waals surface area contributed by atoms with Crippen LogP contribution in [0.1, 0.15) is 26.3 Å². The zero-order valence-corrected chi connectivity index (χ0v) is 16.3. The van der Waals surface area contributed by atoms with Crippen LogP contribution in [0.2, 0.25) is 0 Å². The number of rotatable bonds is 5. The normalized spacial score (nSPS) is 19.5. The van der Waals surface area contributed by atoms with E-state index < -0.39 is 36.0 Å². The number of hydrogen-bond donors (Lipinski definition) is 3. The third-order valence-electron chi connectivity index (χ3n) is 3.90. The molecule has 1 aromatic carbocycles. The molecule has 0 radical (unpaired) electrons. The quantitative estimate of drug-likeness (QED) is 0.625. The van der Waals surface area contributed by atoms with E-state index in [-0.39, 0.29) is 5.92 Å². The average Bonchev–Trinajstić information content (AvgIpc) is 2.77. The van der Waals surface area contributed by atoms with Gasteiger partial charge in [-0.1, -0.05) is 41.9 Å². The Kier molecular flexibility index (Phi) is 6.01. The van der Waals surface area contributed by atoms with Crippen LogP contribution in [0.25, 0.3) is 0 Å². The van der Waals surface area contributed by atoms with Crippen molar-refractivity contribution < 1.29 is 19.2 Å². The van der Waals surface area contributed by atoms with Crippen LogP contribution in [0.5, 0.6) is 0 Å². The fourth-order valence-corrected chi connectivity index (χ4v) is 2.89. The summed E-state index contributed by atoms with van der Waals surface area (Å²) in [7, 11) is 0. The second-order valence-electron chi connectivity index (χ2n) is 6.61. The molecule has 3 N–H and O–H groups in total. The van der Waals surface area contributed by atoms with Crippen molar-refractivity contribution in [1.29, 1.82) is 0 Å². The van der Waals surface area contributed by atoms with Crippen molar-refractivity contribution in [2.75, 3.05) is 13.1 Å². The standard InChI is InChI=1S/C17H21BrN4O4/c1-10(2)8-19-15(25)20-13(23)9-22-14(24)17(3,21-16(22)26)11-5-4-6-12(18)7-11/h4-7,10H,8-9H2,1-3H3,(H,21,26)(H2,19,20,23,25). The molecule has 2 rings (SSSR count). The number of amides is 6. The molecule has 1 heterocycles. The maximum absolute atomic E-state index is 12.7. The van der Waals surface area contributed by atoms with Gasteiger partial charge in [0.2, 0.25) is 5.91 Å². The van der Waals surface area contributed by atoms with Crippen LogP contribution >= 0.6 is 15.9 Å². The lowest BCUT2D eigenvalue weighted by molar-refractivity contribution is -0.134. The first-order chi connectivity index (χ1) is 12.1. The Morgan fingerprint density at radius 1 is 1.31 bits per heavy atom. The second-order valence-corrected chi connectivity index (χ2v) is 7.52. The monoisotopic (exact) mass is 424 g/mol. The largest absolute Gasteiger partial charge is 0.338 e. The van der Waals surface area contributed by atoms with Gasteiger partial charge < -0.3 is 10.6 Å². The molecular formula is C17H21BrN4O4. The molecule has 1 aliphatic heterocycles. The Hall–Kier alpha value is -2.42. The maximum Gasteiger partial charge on any atom is 0.325 e. The molecule has 0 aromatic heterocycles. The second kappa shape index (κ2) is 7.86. The fraction of sp³-hybridized carbons (Fsp3) is 0.412. The number of benzene rings is 1. The Morgan fingerprint density at radius 2 is 2.00 bits per heavy atom. The van der Waals surface area contributed by atoms with Gasteiger partial charge in [-0.25, -0.2) is 9.59 Å². The zero-order valence-electron chi connectivity index (χ0n) is 14.8. The van der Waals surface area contributed by atoms with Gasteiger partial charge in [0.1, 0.15) is 12.1 Å². The van der Waals surface area contributed by atoms with Crippen molar-refractivity contribution in [2.24, 2.45) is 5.92 Å². The number of nitrogens with zero attached hydrogens (tertiary/aromatic N) is 1. The minimum atomic E-state index is -1.28. The Balaban J connectivity index is 2.05. The topological polar surface area (TPSA) is 108 Å². The SMILES string of the molecule is CC(C)CNC(=O)NC(=O)CN1C(=O)NC(C)(c2cccc(Br)c2)C1=O. The molecule has 8 nitrogen and oxygen atoms in total. The molecule has 6 amide bonds. The summed E-state index contributed by atoms with van der Waals surface area (Å²) in [6, 6.07) is 5.64. The molecule has 0 aliphatic carbocycles. The molecule has 0 bridgehead atoms. The molecular weight excluding hydrogens is 404 g/mol. The van der Waals surface area contributed by atoms with E-state index in [1.54, 1.807) is 31.2 Å². The third kappa shape index (κ3) is 4.40. The molecule has 26 heavy (non-hydrogen) atoms. The summed E-state index contributed by atoms with van der Waals surface area (Å²) in [6.07, 6.45) is 0. The highest BCUT2D eigenvalue weighted by Crippen LogP contribution is 2.30. The minimum Gasteiger partial charge on any atom is -0.338 e. The van der Waals surface area contributed by atoms with Crippen LogP contribution in [-0.2, 0) is 15.1 Å². The first kappa shape index (κ1) is 19.9. The lowest BCUT2D eigenvalue weighted by Crippen LogP contribution is -2.47. The highest BCUT2D eigenvalue weighted by Gasteiger charge is 2.49. The summed E-state index contributed by atoms with van der Waals surface area (Å²) >= 11 is 3.33. The molecule has 9 heteroatoms. The van der Waals surface area contributed by atoms with Gasteiger partial charge >= 0.3 is 12.1 Å². The summed E-state index contributed by atoms with van der Waals surface area (Å²) in [5.74, 6) is -1.07. The summed E-state index contributed by atoms with van der Waals surface area (Å²) in [4.78, 5) is 49.3. The third-order valence-corrected chi connectivity index (χ3v) is 4.40. The molecule has 0 saturated carbocycles. The van der Waals surface area contributed by atoms with Gasteiger partial charge in [-0.05, 0) is 30.5 Å². The maximum atomic E-state index is 12.7. The smallest absolute Gasteiger partial charge is 0.325 e. The predicted molar refractivity (Wildman–Crippen MR) is 98.1 cm³/mol. The van der Waals surface area contributed by atoms with Gasteiger partial charge in [-0.2, -0.15) is 0 Å². The van der Waals surface area contributed by atoms with Crippen molar-refractivity contribution in [3.05, 3.63) is 34.3 Å². The zero-order chi connectivity index (χ0) is 19.5. The summed E-state index contributed by atoms with van der Waals surface area (Å²) < 4.78 is 0.760. The Bertz CT molecular complexity index is 752. The molecule has 140 valence electrons. The minimum absolute atomic E-state index is 0.229. The van der Waals surface area contributed by atoms with Crippen LogP contribution in [0, 0.1) is 5.92 Å². The summed E-state index contributed by atoms with van der Waals surface area (Å²) in [5, 5.41) is 7.25. The molecule has 1 unspecified atom stereocenters.